The Labute approximate surface area is 145 Å². The van der Waals surface area contributed by atoms with E-state index in [2.05, 4.69) is 5.32 Å². The summed E-state index contributed by atoms with van der Waals surface area (Å²) in [4.78, 5) is 22.8. The van der Waals surface area contributed by atoms with E-state index in [9.17, 15) is 14.9 Å². The second-order valence-electron chi connectivity index (χ2n) is 5.64. The highest BCUT2D eigenvalue weighted by molar-refractivity contribution is 5.96. The first kappa shape index (κ1) is 18.4. The highest BCUT2D eigenvalue weighted by atomic mass is 16.6. The van der Waals surface area contributed by atoms with Crippen molar-refractivity contribution >= 4 is 17.3 Å². The van der Waals surface area contributed by atoms with Gasteiger partial charge in [0.25, 0.3) is 5.69 Å². The maximum Gasteiger partial charge on any atom is 0.340 e. The maximum absolute atomic E-state index is 12.4. The topological polar surface area (TPSA) is 102 Å². The van der Waals surface area contributed by atoms with E-state index in [-0.39, 0.29) is 31.0 Å². The van der Waals surface area contributed by atoms with Crippen molar-refractivity contribution in [2.45, 2.75) is 20.5 Å². The van der Waals surface area contributed by atoms with Crippen molar-refractivity contribution in [1.29, 1.82) is 0 Å². The number of aliphatic hydroxyl groups excluding tert-OH is 1. The lowest BCUT2D eigenvalue weighted by Gasteiger charge is -2.12. The lowest BCUT2D eigenvalue weighted by atomic mass is 10.1. The van der Waals surface area contributed by atoms with Crippen LogP contribution in [0, 0.1) is 24.0 Å². The Hall–Kier alpha value is -2.93. The van der Waals surface area contributed by atoms with Crippen molar-refractivity contribution in [2.75, 3.05) is 18.5 Å². The first-order chi connectivity index (χ1) is 11.9. The molecule has 2 aromatic carbocycles. The van der Waals surface area contributed by atoms with E-state index in [1.54, 1.807) is 0 Å². The maximum atomic E-state index is 12.4. The van der Waals surface area contributed by atoms with Crippen LogP contribution < -0.4 is 5.32 Å². The van der Waals surface area contributed by atoms with Crippen LogP contribution in [-0.2, 0) is 11.3 Å². The summed E-state index contributed by atoms with van der Waals surface area (Å²) in [6.45, 7) is 4.03. The van der Waals surface area contributed by atoms with Crippen LogP contribution in [0.25, 0.3) is 0 Å². The zero-order chi connectivity index (χ0) is 18.4. The first-order valence-corrected chi connectivity index (χ1v) is 7.79. The fourth-order valence-corrected chi connectivity index (χ4v) is 2.34. The zero-order valence-electron chi connectivity index (χ0n) is 14.1. The Bertz CT molecular complexity index is 789. The molecule has 7 heteroatoms. The summed E-state index contributed by atoms with van der Waals surface area (Å²) >= 11 is 0. The lowest BCUT2D eigenvalue weighted by Crippen LogP contribution is -2.13. The van der Waals surface area contributed by atoms with Gasteiger partial charge >= 0.3 is 5.97 Å². The monoisotopic (exact) mass is 344 g/mol. The quantitative estimate of drug-likeness (QED) is 0.455. The Morgan fingerprint density at radius 2 is 2.00 bits per heavy atom. The number of hydrogen-bond acceptors (Lipinski definition) is 6. The number of benzene rings is 2. The number of rotatable bonds is 7. The van der Waals surface area contributed by atoms with E-state index in [1.807, 2.05) is 32.0 Å². The number of aliphatic hydroxyl groups is 1. The van der Waals surface area contributed by atoms with Crippen molar-refractivity contribution in [3.63, 3.8) is 0 Å². The summed E-state index contributed by atoms with van der Waals surface area (Å²) in [6, 6.07) is 9.74. The molecule has 0 saturated carbocycles. The second-order valence-corrected chi connectivity index (χ2v) is 5.64. The van der Waals surface area contributed by atoms with Crippen LogP contribution in [-0.4, -0.2) is 29.2 Å². The number of nitro groups is 1. The molecule has 0 saturated heterocycles. The molecule has 0 aliphatic rings. The molecule has 0 bridgehead atoms. The minimum Gasteiger partial charge on any atom is -0.457 e. The average molecular weight is 344 g/mol. The zero-order valence-corrected chi connectivity index (χ0v) is 14.1. The standard InChI is InChI=1S/C18H20N2O5/c1-12-3-4-13(2)14(9-12)11-25-18(22)16-10-15(20(23)24)5-6-17(16)19-7-8-21/h3-6,9-10,19,21H,7-8,11H2,1-2H3. The van der Waals surface area contributed by atoms with Gasteiger partial charge in [-0.3, -0.25) is 10.1 Å². The van der Waals surface area contributed by atoms with Crippen molar-refractivity contribution in [2.24, 2.45) is 0 Å². The molecular weight excluding hydrogens is 324 g/mol. The number of carbonyl (C=O) groups is 1. The number of nitrogens with zero attached hydrogens (tertiary/aromatic N) is 1. The van der Waals surface area contributed by atoms with Gasteiger partial charge in [-0.1, -0.05) is 23.8 Å². The number of ether oxygens (including phenoxy) is 1. The van der Waals surface area contributed by atoms with E-state index in [0.717, 1.165) is 16.7 Å². The first-order valence-electron chi connectivity index (χ1n) is 7.79. The summed E-state index contributed by atoms with van der Waals surface area (Å²) in [6.07, 6.45) is 0. The van der Waals surface area contributed by atoms with Crippen molar-refractivity contribution in [1.82, 2.24) is 0 Å². The van der Waals surface area contributed by atoms with Gasteiger partial charge in [0.2, 0.25) is 0 Å². The fraction of sp³-hybridized carbons (Fsp3) is 0.278. The lowest BCUT2D eigenvalue weighted by molar-refractivity contribution is -0.384. The summed E-state index contributed by atoms with van der Waals surface area (Å²) in [5.41, 5.74) is 3.17. The molecular formula is C18H20N2O5. The predicted molar refractivity (Wildman–Crippen MR) is 93.7 cm³/mol. The molecule has 2 aromatic rings. The number of carbonyl (C=O) groups excluding carboxylic acids is 1. The number of esters is 1. The van der Waals surface area contributed by atoms with Crippen molar-refractivity contribution in [3.05, 3.63) is 68.8 Å². The summed E-state index contributed by atoms with van der Waals surface area (Å²) in [7, 11) is 0. The Morgan fingerprint density at radius 3 is 2.68 bits per heavy atom. The van der Waals surface area contributed by atoms with E-state index < -0.39 is 10.9 Å². The molecule has 0 aromatic heterocycles. The fourth-order valence-electron chi connectivity index (χ4n) is 2.34. The van der Waals surface area contributed by atoms with Gasteiger partial charge in [-0.15, -0.1) is 0 Å². The van der Waals surface area contributed by atoms with Crippen LogP contribution in [0.2, 0.25) is 0 Å². The van der Waals surface area contributed by atoms with Gasteiger partial charge in [0.1, 0.15) is 6.61 Å². The van der Waals surface area contributed by atoms with Gasteiger partial charge in [0, 0.05) is 24.4 Å². The van der Waals surface area contributed by atoms with Crippen LogP contribution in [0.5, 0.6) is 0 Å². The van der Waals surface area contributed by atoms with E-state index >= 15 is 0 Å². The minimum absolute atomic E-state index is 0.0629. The van der Waals surface area contributed by atoms with Crippen LogP contribution in [0.1, 0.15) is 27.0 Å². The minimum atomic E-state index is -0.662. The molecule has 0 fully saturated rings. The van der Waals surface area contributed by atoms with Crippen LogP contribution in [0.3, 0.4) is 0 Å². The van der Waals surface area contributed by atoms with Crippen LogP contribution in [0.4, 0.5) is 11.4 Å². The van der Waals surface area contributed by atoms with Gasteiger partial charge in [-0.2, -0.15) is 0 Å². The molecule has 0 aliphatic heterocycles. The number of hydrogen-bond donors (Lipinski definition) is 2. The van der Waals surface area contributed by atoms with Crippen molar-refractivity contribution < 1.29 is 19.6 Å². The van der Waals surface area contributed by atoms with Gasteiger partial charge in [-0.05, 0) is 31.0 Å². The van der Waals surface area contributed by atoms with E-state index in [4.69, 9.17) is 9.84 Å². The molecule has 132 valence electrons. The molecule has 0 unspecified atom stereocenters. The van der Waals surface area contributed by atoms with Crippen molar-refractivity contribution in [3.8, 4) is 0 Å². The third-order valence-electron chi connectivity index (χ3n) is 3.72. The normalized spacial score (nSPS) is 10.4. The number of anilines is 1. The Balaban J connectivity index is 2.22. The summed E-state index contributed by atoms with van der Waals surface area (Å²) < 4.78 is 5.34. The molecule has 0 atom stereocenters. The third kappa shape index (κ3) is 4.77. The highest BCUT2D eigenvalue weighted by Gasteiger charge is 2.18. The van der Waals surface area contributed by atoms with E-state index in [1.165, 1.54) is 18.2 Å². The van der Waals surface area contributed by atoms with E-state index in [0.29, 0.717) is 5.69 Å². The van der Waals surface area contributed by atoms with Gasteiger partial charge in [-0.25, -0.2) is 4.79 Å². The molecule has 2 rings (SSSR count). The molecule has 0 aliphatic carbocycles. The molecule has 25 heavy (non-hydrogen) atoms. The average Bonchev–Trinajstić information content (AvgIpc) is 2.60. The van der Waals surface area contributed by atoms with Gasteiger partial charge < -0.3 is 15.2 Å². The van der Waals surface area contributed by atoms with Crippen LogP contribution >= 0.6 is 0 Å². The largest absolute Gasteiger partial charge is 0.457 e. The predicted octanol–water partition coefficient (Wildman–Crippen LogP) is 2.97. The van der Waals surface area contributed by atoms with Gasteiger partial charge in [0.15, 0.2) is 0 Å². The number of nitro benzene ring substituents is 1. The molecule has 2 N–H and O–H groups in total. The second kappa shape index (κ2) is 8.25. The van der Waals surface area contributed by atoms with Crippen LogP contribution in [0.15, 0.2) is 36.4 Å². The highest BCUT2D eigenvalue weighted by Crippen LogP contribution is 2.23. The molecule has 0 amide bonds. The van der Waals surface area contributed by atoms with Gasteiger partial charge in [0.05, 0.1) is 17.1 Å². The number of nitrogens with one attached hydrogen (secondary N) is 1. The number of aryl methyl sites for hydroxylation is 2. The number of non-ortho nitro benzene ring substituents is 1. The summed E-state index contributed by atoms with van der Waals surface area (Å²) in [5, 5.41) is 22.7. The summed E-state index contributed by atoms with van der Waals surface area (Å²) in [5.74, 6) is -0.662. The molecule has 0 radical (unpaired) electrons. The molecule has 7 nitrogen and oxygen atoms in total. The SMILES string of the molecule is Cc1ccc(C)c(COC(=O)c2cc([N+](=O)[O-])ccc2NCCO)c1. The molecule has 0 heterocycles. The Kier molecular flexibility index (Phi) is 6.08. The third-order valence-corrected chi connectivity index (χ3v) is 3.72. The molecule has 0 spiro atoms. The Morgan fingerprint density at radius 1 is 1.24 bits per heavy atom. The smallest absolute Gasteiger partial charge is 0.340 e.